The van der Waals surface area contributed by atoms with E-state index in [1.54, 1.807) is 6.07 Å². The Balaban J connectivity index is 1.98. The van der Waals surface area contributed by atoms with Crippen molar-refractivity contribution in [2.45, 2.75) is 0 Å². The monoisotopic (exact) mass is 250 g/mol. The van der Waals surface area contributed by atoms with Crippen LogP contribution in [0.2, 0.25) is 5.02 Å². The Morgan fingerprint density at radius 2 is 1.94 bits per heavy atom. The van der Waals surface area contributed by atoms with Gasteiger partial charge in [0.15, 0.2) is 0 Å². The maximum atomic E-state index is 5.88. The average Bonchev–Trinajstić information content (AvgIpc) is 2.39. The van der Waals surface area contributed by atoms with Gasteiger partial charge < -0.3 is 9.64 Å². The molecule has 3 rings (SSSR count). The Morgan fingerprint density at radius 1 is 1.12 bits per heavy atom. The van der Waals surface area contributed by atoms with E-state index in [9.17, 15) is 0 Å². The van der Waals surface area contributed by atoms with E-state index in [0.717, 1.165) is 24.1 Å². The molecule has 17 heavy (non-hydrogen) atoms. The Labute approximate surface area is 103 Å². The first-order valence-corrected chi connectivity index (χ1v) is 5.83. The predicted octanol–water partition coefficient (Wildman–Crippen LogP) is 1.51. The molecular weight excluding hydrogens is 240 g/mol. The number of anilines is 1. The van der Waals surface area contributed by atoms with Crippen LogP contribution in [0.15, 0.2) is 18.2 Å². The van der Waals surface area contributed by atoms with E-state index in [1.807, 2.05) is 12.1 Å². The molecule has 0 saturated carbocycles. The van der Waals surface area contributed by atoms with Crippen LogP contribution in [-0.2, 0) is 4.74 Å². The van der Waals surface area contributed by atoms with E-state index in [1.165, 1.54) is 0 Å². The molecular formula is C11H11ClN4O. The summed E-state index contributed by atoms with van der Waals surface area (Å²) in [6.07, 6.45) is 0. The van der Waals surface area contributed by atoms with E-state index < -0.39 is 0 Å². The lowest BCUT2D eigenvalue weighted by atomic mass is 10.3. The third-order valence-corrected chi connectivity index (χ3v) is 2.93. The zero-order valence-corrected chi connectivity index (χ0v) is 9.89. The number of aromatic nitrogens is 3. The third kappa shape index (κ3) is 2.16. The normalized spacial score (nSPS) is 16.4. The van der Waals surface area contributed by atoms with Crippen molar-refractivity contribution in [1.29, 1.82) is 0 Å². The predicted molar refractivity (Wildman–Crippen MR) is 65.4 cm³/mol. The van der Waals surface area contributed by atoms with Crippen molar-refractivity contribution in [2.24, 2.45) is 0 Å². The van der Waals surface area contributed by atoms with Crippen LogP contribution in [0.1, 0.15) is 0 Å². The molecule has 1 aromatic carbocycles. The zero-order chi connectivity index (χ0) is 11.7. The van der Waals surface area contributed by atoms with Gasteiger partial charge in [0.25, 0.3) is 0 Å². The van der Waals surface area contributed by atoms with E-state index >= 15 is 0 Å². The van der Waals surface area contributed by atoms with Crippen molar-refractivity contribution in [3.63, 3.8) is 0 Å². The van der Waals surface area contributed by atoms with Crippen molar-refractivity contribution in [1.82, 2.24) is 15.2 Å². The van der Waals surface area contributed by atoms with Gasteiger partial charge in [0.1, 0.15) is 5.52 Å². The maximum Gasteiger partial charge on any atom is 0.246 e. The summed E-state index contributed by atoms with van der Waals surface area (Å²) in [6, 6.07) is 5.43. The highest BCUT2D eigenvalue weighted by Gasteiger charge is 2.14. The molecule has 88 valence electrons. The Kier molecular flexibility index (Phi) is 2.78. The summed E-state index contributed by atoms with van der Waals surface area (Å²) < 4.78 is 5.29. The van der Waals surface area contributed by atoms with E-state index in [2.05, 4.69) is 20.1 Å². The molecule has 0 N–H and O–H groups in total. The molecule has 6 heteroatoms. The largest absolute Gasteiger partial charge is 0.378 e. The van der Waals surface area contributed by atoms with Gasteiger partial charge in [-0.2, -0.15) is 0 Å². The molecule has 2 aromatic rings. The highest BCUT2D eigenvalue weighted by atomic mass is 35.5. The van der Waals surface area contributed by atoms with Crippen LogP contribution in [-0.4, -0.2) is 41.5 Å². The number of benzene rings is 1. The average molecular weight is 251 g/mol. The van der Waals surface area contributed by atoms with Crippen LogP contribution in [0.25, 0.3) is 11.0 Å². The SMILES string of the molecule is Clc1ccc2nc(N3CCOCC3)nnc2c1. The van der Waals surface area contributed by atoms with E-state index in [4.69, 9.17) is 16.3 Å². The van der Waals surface area contributed by atoms with Crippen LogP contribution >= 0.6 is 11.6 Å². The molecule has 0 unspecified atom stereocenters. The topological polar surface area (TPSA) is 51.1 Å². The van der Waals surface area contributed by atoms with Crippen LogP contribution in [0.4, 0.5) is 5.95 Å². The minimum absolute atomic E-state index is 0.646. The van der Waals surface area contributed by atoms with Crippen LogP contribution < -0.4 is 4.90 Å². The molecule has 1 fully saturated rings. The summed E-state index contributed by atoms with van der Waals surface area (Å²) in [7, 11) is 0. The standard InChI is InChI=1S/C11H11ClN4O/c12-8-1-2-9-10(7-8)14-15-11(13-9)16-3-5-17-6-4-16/h1-2,7H,3-6H2. The smallest absolute Gasteiger partial charge is 0.246 e. The lowest BCUT2D eigenvalue weighted by Crippen LogP contribution is -2.37. The lowest BCUT2D eigenvalue weighted by Gasteiger charge is -2.26. The molecule has 2 heterocycles. The highest BCUT2D eigenvalue weighted by molar-refractivity contribution is 6.31. The molecule has 0 aliphatic carbocycles. The molecule has 0 radical (unpaired) electrons. The Bertz CT molecular complexity index is 542. The second-order valence-electron chi connectivity index (χ2n) is 3.84. The molecule has 0 spiro atoms. The highest BCUT2D eigenvalue weighted by Crippen LogP contribution is 2.17. The molecule has 0 amide bonds. The van der Waals surface area contributed by atoms with Gasteiger partial charge in [-0.05, 0) is 18.2 Å². The first kappa shape index (κ1) is 10.7. The number of ether oxygens (including phenoxy) is 1. The summed E-state index contributed by atoms with van der Waals surface area (Å²) in [4.78, 5) is 6.55. The maximum absolute atomic E-state index is 5.88. The molecule has 1 aliphatic rings. The fourth-order valence-electron chi connectivity index (χ4n) is 1.80. The number of rotatable bonds is 1. The van der Waals surface area contributed by atoms with Gasteiger partial charge in [-0.15, -0.1) is 10.2 Å². The zero-order valence-electron chi connectivity index (χ0n) is 9.14. The summed E-state index contributed by atoms with van der Waals surface area (Å²) in [6.45, 7) is 3.03. The second kappa shape index (κ2) is 4.43. The molecule has 0 bridgehead atoms. The van der Waals surface area contributed by atoms with Crippen LogP contribution in [0, 0.1) is 0 Å². The van der Waals surface area contributed by atoms with Crippen LogP contribution in [0.3, 0.4) is 0 Å². The third-order valence-electron chi connectivity index (χ3n) is 2.70. The molecule has 5 nitrogen and oxygen atoms in total. The number of fused-ring (bicyclic) bond motifs is 1. The van der Waals surface area contributed by atoms with Crippen molar-refractivity contribution in [3.05, 3.63) is 23.2 Å². The van der Waals surface area contributed by atoms with Gasteiger partial charge in [-0.25, -0.2) is 4.98 Å². The van der Waals surface area contributed by atoms with Crippen molar-refractivity contribution >= 4 is 28.6 Å². The molecule has 1 aromatic heterocycles. The van der Waals surface area contributed by atoms with Gasteiger partial charge in [-0.3, -0.25) is 0 Å². The first-order valence-electron chi connectivity index (χ1n) is 5.45. The molecule has 1 aliphatic heterocycles. The van der Waals surface area contributed by atoms with Crippen LogP contribution in [0.5, 0.6) is 0 Å². The summed E-state index contributed by atoms with van der Waals surface area (Å²) in [5.41, 5.74) is 1.53. The number of hydrogen-bond acceptors (Lipinski definition) is 5. The summed E-state index contributed by atoms with van der Waals surface area (Å²) in [5, 5.41) is 8.91. The summed E-state index contributed by atoms with van der Waals surface area (Å²) in [5.74, 6) is 0.656. The van der Waals surface area contributed by atoms with Crippen molar-refractivity contribution in [2.75, 3.05) is 31.2 Å². The van der Waals surface area contributed by atoms with Gasteiger partial charge in [0, 0.05) is 18.1 Å². The second-order valence-corrected chi connectivity index (χ2v) is 4.28. The Hall–Kier alpha value is -1.46. The molecule has 0 atom stereocenters. The first-order chi connectivity index (χ1) is 8.33. The van der Waals surface area contributed by atoms with E-state index in [-0.39, 0.29) is 0 Å². The number of morpholine rings is 1. The number of hydrogen-bond donors (Lipinski definition) is 0. The number of halogens is 1. The minimum atomic E-state index is 0.646. The van der Waals surface area contributed by atoms with Crippen molar-refractivity contribution in [3.8, 4) is 0 Å². The van der Waals surface area contributed by atoms with Gasteiger partial charge in [-0.1, -0.05) is 11.6 Å². The van der Waals surface area contributed by atoms with E-state index in [0.29, 0.717) is 24.2 Å². The van der Waals surface area contributed by atoms with Gasteiger partial charge >= 0.3 is 0 Å². The quantitative estimate of drug-likeness (QED) is 0.768. The minimum Gasteiger partial charge on any atom is -0.378 e. The van der Waals surface area contributed by atoms with Gasteiger partial charge in [0.05, 0.1) is 18.7 Å². The van der Waals surface area contributed by atoms with Crippen molar-refractivity contribution < 1.29 is 4.74 Å². The molecule has 1 saturated heterocycles. The number of nitrogens with zero attached hydrogens (tertiary/aromatic N) is 4. The fourth-order valence-corrected chi connectivity index (χ4v) is 1.96. The fraction of sp³-hybridized carbons (Fsp3) is 0.364. The summed E-state index contributed by atoms with van der Waals surface area (Å²) >= 11 is 5.88. The Morgan fingerprint density at radius 3 is 2.76 bits per heavy atom. The van der Waals surface area contributed by atoms with Gasteiger partial charge in [0.2, 0.25) is 5.95 Å². The lowest BCUT2D eigenvalue weighted by molar-refractivity contribution is 0.122.